The van der Waals surface area contributed by atoms with Crippen LogP contribution in [0.5, 0.6) is 0 Å². The summed E-state index contributed by atoms with van der Waals surface area (Å²) in [7, 11) is 0. The molecule has 1 atom stereocenters. The summed E-state index contributed by atoms with van der Waals surface area (Å²) in [5, 5.41) is 0. The number of halogens is 2. The van der Waals surface area contributed by atoms with Crippen LogP contribution in [0.4, 0.5) is 5.69 Å². The Bertz CT molecular complexity index is 353. The third-order valence-corrected chi connectivity index (χ3v) is 4.10. The monoisotopic (exact) mass is 287 g/mol. The van der Waals surface area contributed by atoms with E-state index in [0.717, 1.165) is 11.0 Å². The highest BCUT2D eigenvalue weighted by atomic mass is 79.9. The van der Waals surface area contributed by atoms with Crippen molar-refractivity contribution in [2.45, 2.75) is 31.7 Å². The highest BCUT2D eigenvalue weighted by Gasteiger charge is 2.22. The van der Waals surface area contributed by atoms with Gasteiger partial charge in [0.05, 0.1) is 5.88 Å². The van der Waals surface area contributed by atoms with E-state index < -0.39 is 0 Å². The van der Waals surface area contributed by atoms with Crippen molar-refractivity contribution in [1.29, 1.82) is 0 Å². The van der Waals surface area contributed by atoms with Gasteiger partial charge >= 0.3 is 0 Å². The van der Waals surface area contributed by atoms with Crippen molar-refractivity contribution in [3.8, 4) is 0 Å². The van der Waals surface area contributed by atoms with Crippen molar-refractivity contribution in [3.05, 3.63) is 28.2 Å². The maximum absolute atomic E-state index is 6.01. The number of benzene rings is 1. The largest absolute Gasteiger partial charge is 0.369 e. The summed E-state index contributed by atoms with van der Waals surface area (Å²) < 4.78 is 1.12. The summed E-state index contributed by atoms with van der Waals surface area (Å²) >= 11 is 9.57. The van der Waals surface area contributed by atoms with E-state index in [4.69, 9.17) is 11.6 Å². The normalized spacial score (nSPS) is 21.0. The number of anilines is 1. The van der Waals surface area contributed by atoms with Gasteiger partial charge in [-0.15, -0.1) is 11.6 Å². The summed E-state index contributed by atoms with van der Waals surface area (Å²) in [6.07, 6.45) is 2.57. The van der Waals surface area contributed by atoms with Crippen LogP contribution in [0.25, 0.3) is 0 Å². The topological polar surface area (TPSA) is 3.24 Å². The van der Waals surface area contributed by atoms with Gasteiger partial charge < -0.3 is 4.90 Å². The van der Waals surface area contributed by atoms with Gasteiger partial charge in [0, 0.05) is 28.3 Å². The van der Waals surface area contributed by atoms with Crippen LogP contribution in [-0.2, 0) is 5.88 Å². The van der Waals surface area contributed by atoms with Gasteiger partial charge in [-0.3, -0.25) is 0 Å². The fourth-order valence-corrected chi connectivity index (χ4v) is 3.18. The Morgan fingerprint density at radius 1 is 1.53 bits per heavy atom. The molecule has 1 aliphatic rings. The first-order valence-electron chi connectivity index (χ1n) is 5.34. The lowest BCUT2D eigenvalue weighted by molar-refractivity contribution is 0.733. The van der Waals surface area contributed by atoms with Gasteiger partial charge in [0.1, 0.15) is 0 Å². The van der Waals surface area contributed by atoms with Crippen LogP contribution in [0.15, 0.2) is 22.7 Å². The number of nitrogens with zero attached hydrogens (tertiary/aromatic N) is 1. The molecule has 1 aliphatic heterocycles. The van der Waals surface area contributed by atoms with E-state index in [9.17, 15) is 0 Å². The van der Waals surface area contributed by atoms with E-state index in [1.54, 1.807) is 0 Å². The summed E-state index contributed by atoms with van der Waals surface area (Å²) in [6, 6.07) is 6.95. The predicted molar refractivity (Wildman–Crippen MR) is 69.7 cm³/mol. The Morgan fingerprint density at radius 2 is 2.33 bits per heavy atom. The first kappa shape index (κ1) is 11.3. The van der Waals surface area contributed by atoms with Crippen molar-refractivity contribution in [2.75, 3.05) is 11.4 Å². The van der Waals surface area contributed by atoms with Crippen molar-refractivity contribution in [3.63, 3.8) is 0 Å². The lowest BCUT2D eigenvalue weighted by atomic mass is 10.1. The molecule has 1 aromatic rings. The SMILES string of the molecule is CC1CCCN1c1cccc(Br)c1CCl. The molecule has 0 aromatic heterocycles. The quantitative estimate of drug-likeness (QED) is 0.738. The molecule has 1 nitrogen and oxygen atoms in total. The van der Waals surface area contributed by atoms with Crippen LogP contribution < -0.4 is 4.90 Å². The van der Waals surface area contributed by atoms with Crippen molar-refractivity contribution in [1.82, 2.24) is 0 Å². The summed E-state index contributed by atoms with van der Waals surface area (Å²) in [4.78, 5) is 2.46. The first-order valence-corrected chi connectivity index (χ1v) is 6.66. The second kappa shape index (κ2) is 4.75. The van der Waals surface area contributed by atoms with Gasteiger partial charge in [-0.2, -0.15) is 0 Å². The van der Waals surface area contributed by atoms with Gasteiger partial charge in [0.15, 0.2) is 0 Å². The molecular formula is C12H15BrClN. The van der Waals surface area contributed by atoms with E-state index >= 15 is 0 Å². The molecule has 0 aliphatic carbocycles. The molecule has 1 heterocycles. The minimum Gasteiger partial charge on any atom is -0.369 e. The standard InChI is InChI=1S/C12H15BrClN/c1-9-4-3-7-15(9)12-6-2-5-11(13)10(12)8-14/h2,5-6,9H,3-4,7-8H2,1H3. The van der Waals surface area contributed by atoms with E-state index in [1.807, 2.05) is 0 Å². The van der Waals surface area contributed by atoms with Crippen LogP contribution >= 0.6 is 27.5 Å². The Kier molecular flexibility index (Phi) is 3.57. The average molecular weight is 289 g/mol. The van der Waals surface area contributed by atoms with Crippen LogP contribution in [0.3, 0.4) is 0 Å². The first-order chi connectivity index (χ1) is 7.24. The Labute approximate surface area is 105 Å². The van der Waals surface area contributed by atoms with E-state index in [1.165, 1.54) is 24.1 Å². The molecular weight excluding hydrogens is 273 g/mol. The molecule has 1 fully saturated rings. The predicted octanol–water partition coefficient (Wildman–Crippen LogP) is 4.18. The third kappa shape index (κ3) is 2.16. The van der Waals surface area contributed by atoms with E-state index in [-0.39, 0.29) is 0 Å². The van der Waals surface area contributed by atoms with E-state index in [0.29, 0.717) is 11.9 Å². The smallest absolute Gasteiger partial charge is 0.0505 e. The molecule has 1 unspecified atom stereocenters. The Balaban J connectivity index is 2.38. The second-order valence-electron chi connectivity index (χ2n) is 4.06. The molecule has 1 aromatic carbocycles. The molecule has 0 radical (unpaired) electrons. The highest BCUT2D eigenvalue weighted by molar-refractivity contribution is 9.10. The summed E-state index contributed by atoms with van der Waals surface area (Å²) in [5.74, 6) is 0.569. The molecule has 0 N–H and O–H groups in total. The molecule has 0 spiro atoms. The third-order valence-electron chi connectivity index (χ3n) is 3.09. The molecule has 3 heteroatoms. The molecule has 0 bridgehead atoms. The lowest BCUT2D eigenvalue weighted by Crippen LogP contribution is -2.27. The molecule has 82 valence electrons. The van der Waals surface area contributed by atoms with Crippen LogP contribution in [0.1, 0.15) is 25.3 Å². The number of hydrogen-bond acceptors (Lipinski definition) is 1. The van der Waals surface area contributed by atoms with E-state index in [2.05, 4.69) is 46.0 Å². The zero-order chi connectivity index (χ0) is 10.8. The zero-order valence-electron chi connectivity index (χ0n) is 8.84. The fourth-order valence-electron chi connectivity index (χ4n) is 2.24. The van der Waals surface area contributed by atoms with Crippen LogP contribution in [0.2, 0.25) is 0 Å². The lowest BCUT2D eigenvalue weighted by Gasteiger charge is -2.26. The van der Waals surface area contributed by atoms with Gasteiger partial charge in [-0.25, -0.2) is 0 Å². The van der Waals surface area contributed by atoms with Crippen molar-refractivity contribution >= 4 is 33.2 Å². The number of rotatable bonds is 2. The summed E-state index contributed by atoms with van der Waals surface area (Å²) in [6.45, 7) is 3.44. The maximum atomic E-state index is 6.01. The van der Waals surface area contributed by atoms with Gasteiger partial charge in [0.2, 0.25) is 0 Å². The minimum absolute atomic E-state index is 0.569. The van der Waals surface area contributed by atoms with Crippen molar-refractivity contribution in [2.24, 2.45) is 0 Å². The van der Waals surface area contributed by atoms with Gasteiger partial charge in [-0.05, 0) is 31.9 Å². The average Bonchev–Trinajstić information content (AvgIpc) is 2.64. The Morgan fingerprint density at radius 3 is 2.93 bits per heavy atom. The number of alkyl halides is 1. The molecule has 0 amide bonds. The highest BCUT2D eigenvalue weighted by Crippen LogP contribution is 2.33. The molecule has 15 heavy (non-hydrogen) atoms. The van der Waals surface area contributed by atoms with Crippen LogP contribution in [-0.4, -0.2) is 12.6 Å². The maximum Gasteiger partial charge on any atom is 0.0505 e. The van der Waals surface area contributed by atoms with Gasteiger partial charge in [-0.1, -0.05) is 22.0 Å². The Hall–Kier alpha value is -0.210. The molecule has 1 saturated heterocycles. The fraction of sp³-hybridized carbons (Fsp3) is 0.500. The number of hydrogen-bond donors (Lipinski definition) is 0. The second-order valence-corrected chi connectivity index (χ2v) is 5.18. The summed E-state index contributed by atoms with van der Waals surface area (Å²) in [5.41, 5.74) is 2.51. The molecule has 0 saturated carbocycles. The van der Waals surface area contributed by atoms with Gasteiger partial charge in [0.25, 0.3) is 0 Å². The van der Waals surface area contributed by atoms with Crippen LogP contribution in [0, 0.1) is 0 Å². The zero-order valence-corrected chi connectivity index (χ0v) is 11.2. The molecule has 2 rings (SSSR count). The van der Waals surface area contributed by atoms with Crippen molar-refractivity contribution < 1.29 is 0 Å². The minimum atomic E-state index is 0.569.